The summed E-state index contributed by atoms with van der Waals surface area (Å²) in [7, 11) is 0.920. The predicted molar refractivity (Wildman–Crippen MR) is 40.5 cm³/mol. The molecule has 0 aliphatic rings. The smallest absolute Gasteiger partial charge is 0.471 e. The summed E-state index contributed by atoms with van der Waals surface area (Å²) in [6.45, 7) is 1.23. The van der Waals surface area contributed by atoms with Gasteiger partial charge in [-0.05, 0) is 6.92 Å². The van der Waals surface area contributed by atoms with Crippen LogP contribution in [0.4, 0.5) is 13.2 Å². The minimum Gasteiger partial charge on any atom is -0.481 e. The van der Waals surface area contributed by atoms with E-state index in [0.717, 1.165) is 7.05 Å². The number of hydrogen-bond donors (Lipinski definition) is 1. The van der Waals surface area contributed by atoms with E-state index in [1.54, 1.807) is 0 Å². The summed E-state index contributed by atoms with van der Waals surface area (Å²) < 4.78 is 35.6. The molecule has 0 radical (unpaired) electrons. The number of hydrogen-bond acceptors (Lipinski definition) is 2. The second-order valence-corrected chi connectivity index (χ2v) is 2.86. The number of nitrogens with zero attached hydrogens (tertiary/aromatic N) is 1. The Balaban J connectivity index is 4.39. The van der Waals surface area contributed by atoms with E-state index in [1.807, 2.05) is 0 Å². The molecule has 1 N–H and O–H groups in total. The predicted octanol–water partition coefficient (Wildman–Crippen LogP) is 0.870. The van der Waals surface area contributed by atoms with Gasteiger partial charge in [0.05, 0.1) is 6.42 Å². The maximum atomic E-state index is 11.9. The maximum absolute atomic E-state index is 11.9. The van der Waals surface area contributed by atoms with E-state index in [4.69, 9.17) is 5.11 Å². The zero-order chi connectivity index (χ0) is 11.5. The fourth-order valence-corrected chi connectivity index (χ4v) is 0.790. The number of amides is 1. The van der Waals surface area contributed by atoms with Crippen molar-refractivity contribution >= 4 is 11.9 Å². The van der Waals surface area contributed by atoms with Gasteiger partial charge in [-0.15, -0.1) is 0 Å². The zero-order valence-corrected chi connectivity index (χ0v) is 7.63. The largest absolute Gasteiger partial charge is 0.481 e. The lowest BCUT2D eigenvalue weighted by atomic mass is 10.2. The molecule has 0 aliphatic heterocycles. The van der Waals surface area contributed by atoms with Crippen LogP contribution >= 0.6 is 0 Å². The van der Waals surface area contributed by atoms with Crippen molar-refractivity contribution < 1.29 is 27.9 Å². The first kappa shape index (κ1) is 12.7. The summed E-state index contributed by atoms with van der Waals surface area (Å²) in [5.74, 6) is -3.29. The molecule has 0 saturated carbocycles. The minimum absolute atomic E-state index is 0.369. The van der Waals surface area contributed by atoms with E-state index in [9.17, 15) is 22.8 Å². The Morgan fingerprint density at radius 3 is 2.14 bits per heavy atom. The monoisotopic (exact) mass is 213 g/mol. The van der Waals surface area contributed by atoms with Crippen molar-refractivity contribution in [1.82, 2.24) is 4.90 Å². The van der Waals surface area contributed by atoms with Crippen LogP contribution in [0, 0.1) is 0 Å². The molecule has 14 heavy (non-hydrogen) atoms. The van der Waals surface area contributed by atoms with Gasteiger partial charge in [-0.25, -0.2) is 0 Å². The number of carbonyl (C=O) groups is 2. The quantitative estimate of drug-likeness (QED) is 0.756. The molecule has 1 atom stereocenters. The van der Waals surface area contributed by atoms with E-state index >= 15 is 0 Å². The SMILES string of the molecule is C[C@H](CC(=O)O)N(C)C(=O)C(F)(F)F. The van der Waals surface area contributed by atoms with Crippen LogP contribution in [0.5, 0.6) is 0 Å². The molecule has 82 valence electrons. The Hall–Kier alpha value is -1.27. The molecule has 1 amide bonds. The average molecular weight is 213 g/mol. The standard InChI is InChI=1S/C7H10F3NO3/c1-4(3-5(12)13)11(2)6(14)7(8,9)10/h4H,3H2,1-2H3,(H,12,13)/t4-/m1/s1. The lowest BCUT2D eigenvalue weighted by Crippen LogP contribution is -2.44. The molecule has 0 aromatic heterocycles. The fourth-order valence-electron chi connectivity index (χ4n) is 0.790. The Morgan fingerprint density at radius 1 is 1.43 bits per heavy atom. The van der Waals surface area contributed by atoms with Gasteiger partial charge in [0.15, 0.2) is 0 Å². The maximum Gasteiger partial charge on any atom is 0.471 e. The minimum atomic E-state index is -4.96. The highest BCUT2D eigenvalue weighted by atomic mass is 19.4. The number of carbonyl (C=O) groups excluding carboxylic acids is 1. The van der Waals surface area contributed by atoms with Crippen LogP contribution in [0.1, 0.15) is 13.3 Å². The summed E-state index contributed by atoms with van der Waals surface area (Å²) in [6.07, 6.45) is -5.47. The highest BCUT2D eigenvalue weighted by molar-refractivity contribution is 5.82. The van der Waals surface area contributed by atoms with Crippen LogP contribution in [0.25, 0.3) is 0 Å². The van der Waals surface area contributed by atoms with Crippen LogP contribution in [0.3, 0.4) is 0 Å². The highest BCUT2D eigenvalue weighted by Gasteiger charge is 2.42. The summed E-state index contributed by atoms with van der Waals surface area (Å²) in [5, 5.41) is 8.30. The molecule has 4 nitrogen and oxygen atoms in total. The third-order valence-corrected chi connectivity index (χ3v) is 1.69. The van der Waals surface area contributed by atoms with Crippen molar-refractivity contribution in [2.24, 2.45) is 0 Å². The van der Waals surface area contributed by atoms with Gasteiger partial charge in [0.25, 0.3) is 0 Å². The van der Waals surface area contributed by atoms with Crippen molar-refractivity contribution in [2.45, 2.75) is 25.6 Å². The molecule has 0 spiro atoms. The van der Waals surface area contributed by atoms with Gasteiger partial charge < -0.3 is 10.0 Å². The average Bonchev–Trinajstić information content (AvgIpc) is 1.98. The zero-order valence-electron chi connectivity index (χ0n) is 7.63. The third-order valence-electron chi connectivity index (χ3n) is 1.69. The second kappa shape index (κ2) is 4.30. The van der Waals surface area contributed by atoms with Gasteiger partial charge in [0.2, 0.25) is 0 Å². The molecule has 0 bridgehead atoms. The van der Waals surface area contributed by atoms with Crippen LogP contribution in [0.15, 0.2) is 0 Å². The Labute approximate surface area is 78.3 Å². The fraction of sp³-hybridized carbons (Fsp3) is 0.714. The van der Waals surface area contributed by atoms with Crippen LogP contribution in [0.2, 0.25) is 0 Å². The Kier molecular flexibility index (Phi) is 3.91. The number of alkyl halides is 3. The second-order valence-electron chi connectivity index (χ2n) is 2.86. The number of carboxylic acids is 1. The van der Waals surface area contributed by atoms with Crippen molar-refractivity contribution in [1.29, 1.82) is 0 Å². The number of halogens is 3. The van der Waals surface area contributed by atoms with E-state index < -0.39 is 30.5 Å². The summed E-state index contributed by atoms with van der Waals surface area (Å²) in [5.41, 5.74) is 0. The van der Waals surface area contributed by atoms with Crippen molar-refractivity contribution in [2.75, 3.05) is 7.05 Å². The van der Waals surface area contributed by atoms with E-state index in [-0.39, 0.29) is 0 Å². The molecular weight excluding hydrogens is 203 g/mol. The molecule has 0 aromatic rings. The molecule has 0 aromatic carbocycles. The molecule has 0 aliphatic carbocycles. The lowest BCUT2D eigenvalue weighted by Gasteiger charge is -2.24. The van der Waals surface area contributed by atoms with Gasteiger partial charge in [-0.3, -0.25) is 9.59 Å². The molecule has 0 unspecified atom stereocenters. The normalized spacial score (nSPS) is 13.5. The van der Waals surface area contributed by atoms with Gasteiger partial charge in [-0.2, -0.15) is 13.2 Å². The molecule has 0 saturated heterocycles. The lowest BCUT2D eigenvalue weighted by molar-refractivity contribution is -0.186. The molecule has 7 heteroatoms. The first-order chi connectivity index (χ1) is 6.16. The first-order valence-corrected chi connectivity index (χ1v) is 3.72. The summed E-state index contributed by atoms with van der Waals surface area (Å²) in [6, 6.07) is -0.985. The van der Waals surface area contributed by atoms with Crippen LogP contribution < -0.4 is 0 Å². The summed E-state index contributed by atoms with van der Waals surface area (Å²) in [4.78, 5) is 21.1. The van der Waals surface area contributed by atoms with Crippen molar-refractivity contribution in [3.63, 3.8) is 0 Å². The Morgan fingerprint density at radius 2 is 1.86 bits per heavy atom. The van der Waals surface area contributed by atoms with Crippen LogP contribution in [-0.2, 0) is 9.59 Å². The van der Waals surface area contributed by atoms with Crippen molar-refractivity contribution in [3.05, 3.63) is 0 Å². The molecule has 0 rings (SSSR count). The van der Waals surface area contributed by atoms with Gasteiger partial charge in [0, 0.05) is 13.1 Å². The Bertz CT molecular complexity index is 239. The molecule has 0 heterocycles. The van der Waals surface area contributed by atoms with Crippen molar-refractivity contribution in [3.8, 4) is 0 Å². The number of rotatable bonds is 3. The highest BCUT2D eigenvalue weighted by Crippen LogP contribution is 2.19. The van der Waals surface area contributed by atoms with Gasteiger partial charge in [0.1, 0.15) is 0 Å². The third kappa shape index (κ3) is 3.63. The first-order valence-electron chi connectivity index (χ1n) is 3.72. The van der Waals surface area contributed by atoms with E-state index in [1.165, 1.54) is 6.92 Å². The van der Waals surface area contributed by atoms with E-state index in [2.05, 4.69) is 0 Å². The van der Waals surface area contributed by atoms with Gasteiger partial charge >= 0.3 is 18.1 Å². The summed E-state index contributed by atoms with van der Waals surface area (Å²) >= 11 is 0. The van der Waals surface area contributed by atoms with Crippen LogP contribution in [-0.4, -0.2) is 41.1 Å². The molecule has 0 fully saturated rings. The van der Waals surface area contributed by atoms with E-state index in [0.29, 0.717) is 4.90 Å². The topological polar surface area (TPSA) is 57.6 Å². The van der Waals surface area contributed by atoms with Gasteiger partial charge in [-0.1, -0.05) is 0 Å². The molecular formula is C7H10F3NO3. The number of carboxylic acid groups (broad SMARTS) is 1. The number of aliphatic carboxylic acids is 1.